The van der Waals surface area contributed by atoms with Gasteiger partial charge in [0, 0.05) is 17.6 Å². The minimum atomic E-state index is -0.189. The molecule has 0 aliphatic carbocycles. The number of nitrogens with one attached hydrogen (secondary N) is 1. The Balaban J connectivity index is 0.00000128. The van der Waals surface area contributed by atoms with Crippen molar-refractivity contribution in [2.75, 3.05) is 6.61 Å². The van der Waals surface area contributed by atoms with Crippen molar-refractivity contribution in [2.45, 2.75) is 32.0 Å². The van der Waals surface area contributed by atoms with Crippen LogP contribution in [-0.2, 0) is 4.74 Å². The van der Waals surface area contributed by atoms with Crippen molar-refractivity contribution >= 4 is 12.4 Å². The molecule has 2 rings (SSSR count). The molecule has 1 aliphatic rings. The lowest BCUT2D eigenvalue weighted by Gasteiger charge is -2.34. The van der Waals surface area contributed by atoms with Gasteiger partial charge in [0.15, 0.2) is 0 Å². The second-order valence-electron chi connectivity index (χ2n) is 4.13. The summed E-state index contributed by atoms with van der Waals surface area (Å²) in [5.41, 5.74) is 0.643. The molecule has 1 saturated heterocycles. The molecular formula is C12H17ClFNO. The van der Waals surface area contributed by atoms with E-state index >= 15 is 0 Å². The topological polar surface area (TPSA) is 21.3 Å². The average Bonchev–Trinajstić information content (AvgIpc) is 2.20. The van der Waals surface area contributed by atoms with Crippen molar-refractivity contribution in [2.24, 2.45) is 0 Å². The van der Waals surface area contributed by atoms with Gasteiger partial charge in [0.05, 0.1) is 6.61 Å². The molecule has 1 aromatic rings. The van der Waals surface area contributed by atoms with Crippen LogP contribution in [-0.4, -0.2) is 18.7 Å². The van der Waals surface area contributed by atoms with Gasteiger partial charge in [-0.15, -0.1) is 12.4 Å². The normalized spacial score (nSPS) is 29.6. The largest absolute Gasteiger partial charge is 0.370 e. The van der Waals surface area contributed by atoms with Gasteiger partial charge in [-0.3, -0.25) is 0 Å². The summed E-state index contributed by atoms with van der Waals surface area (Å²) >= 11 is 0. The Labute approximate surface area is 102 Å². The fraction of sp³-hybridized carbons (Fsp3) is 0.500. The second-order valence-corrected chi connectivity index (χ2v) is 4.13. The molecule has 2 unspecified atom stereocenters. The van der Waals surface area contributed by atoms with Crippen LogP contribution in [0.1, 0.15) is 25.5 Å². The molecule has 0 bridgehead atoms. The first-order chi connectivity index (χ1) is 7.18. The first-order valence-corrected chi connectivity index (χ1v) is 5.30. The predicted molar refractivity (Wildman–Crippen MR) is 64.4 cm³/mol. The fourth-order valence-electron chi connectivity index (χ4n) is 2.04. The zero-order valence-corrected chi connectivity index (χ0v) is 10.3. The first kappa shape index (κ1) is 13.4. The molecule has 0 spiro atoms. The lowest BCUT2D eigenvalue weighted by atomic mass is 10.0. The molecule has 1 fully saturated rings. The van der Waals surface area contributed by atoms with E-state index in [0.717, 1.165) is 0 Å². The van der Waals surface area contributed by atoms with Crippen molar-refractivity contribution in [3.05, 3.63) is 35.6 Å². The van der Waals surface area contributed by atoms with Gasteiger partial charge in [0.2, 0.25) is 0 Å². The van der Waals surface area contributed by atoms with E-state index in [2.05, 4.69) is 12.2 Å². The number of hydrogen-bond acceptors (Lipinski definition) is 2. The molecule has 1 heterocycles. The zero-order chi connectivity index (χ0) is 10.8. The van der Waals surface area contributed by atoms with Gasteiger partial charge in [-0.1, -0.05) is 18.2 Å². The van der Waals surface area contributed by atoms with Crippen LogP contribution in [0.5, 0.6) is 0 Å². The molecule has 0 amide bonds. The standard InChI is InChI=1S/C12H16FNO.ClH/c1-8-7-15-12(9(2)14-8)10-5-3-4-6-11(10)13;/h3-6,8-9,12,14H,7H2,1-2H3;1H/t8-,9?,12?;/m0./s1. The van der Waals surface area contributed by atoms with Gasteiger partial charge >= 0.3 is 0 Å². The summed E-state index contributed by atoms with van der Waals surface area (Å²) in [6.45, 7) is 4.71. The number of benzene rings is 1. The van der Waals surface area contributed by atoms with Gasteiger partial charge < -0.3 is 10.1 Å². The van der Waals surface area contributed by atoms with Crippen LogP contribution in [0.25, 0.3) is 0 Å². The Hall–Kier alpha value is -0.640. The summed E-state index contributed by atoms with van der Waals surface area (Å²) in [7, 11) is 0. The summed E-state index contributed by atoms with van der Waals surface area (Å²) in [5, 5.41) is 3.36. The van der Waals surface area contributed by atoms with E-state index < -0.39 is 0 Å². The molecule has 1 N–H and O–H groups in total. The van der Waals surface area contributed by atoms with E-state index in [-0.39, 0.29) is 30.4 Å². The minimum Gasteiger partial charge on any atom is -0.370 e. The molecule has 3 atom stereocenters. The summed E-state index contributed by atoms with van der Waals surface area (Å²) in [6, 6.07) is 7.28. The van der Waals surface area contributed by atoms with Gasteiger partial charge in [-0.05, 0) is 19.9 Å². The van der Waals surface area contributed by atoms with Gasteiger partial charge in [-0.25, -0.2) is 4.39 Å². The maximum absolute atomic E-state index is 13.5. The fourth-order valence-corrected chi connectivity index (χ4v) is 2.04. The predicted octanol–water partition coefficient (Wildman–Crippen LogP) is 2.69. The number of hydrogen-bond donors (Lipinski definition) is 1. The van der Waals surface area contributed by atoms with Gasteiger partial charge in [0.25, 0.3) is 0 Å². The molecule has 0 radical (unpaired) electrons. The van der Waals surface area contributed by atoms with E-state index in [1.165, 1.54) is 6.07 Å². The summed E-state index contributed by atoms with van der Waals surface area (Å²) in [6.07, 6.45) is -0.178. The maximum atomic E-state index is 13.5. The lowest BCUT2D eigenvalue weighted by molar-refractivity contribution is -0.0225. The highest BCUT2D eigenvalue weighted by Crippen LogP contribution is 2.26. The van der Waals surface area contributed by atoms with E-state index in [1.807, 2.05) is 13.0 Å². The summed E-state index contributed by atoms with van der Waals surface area (Å²) in [4.78, 5) is 0. The third kappa shape index (κ3) is 2.73. The summed E-state index contributed by atoms with van der Waals surface area (Å²) in [5.74, 6) is -0.189. The monoisotopic (exact) mass is 245 g/mol. The lowest BCUT2D eigenvalue weighted by Crippen LogP contribution is -2.47. The number of ether oxygens (including phenoxy) is 1. The number of morpholine rings is 1. The van der Waals surface area contributed by atoms with Crippen LogP contribution in [0, 0.1) is 5.82 Å². The molecule has 2 nitrogen and oxygen atoms in total. The van der Waals surface area contributed by atoms with Crippen molar-refractivity contribution in [1.82, 2.24) is 5.32 Å². The van der Waals surface area contributed by atoms with E-state index in [0.29, 0.717) is 18.2 Å². The Bertz CT molecular complexity index is 348. The minimum absolute atomic E-state index is 0. The molecule has 90 valence electrons. The summed E-state index contributed by atoms with van der Waals surface area (Å²) < 4.78 is 19.2. The average molecular weight is 246 g/mol. The van der Waals surface area contributed by atoms with Gasteiger partial charge in [0.1, 0.15) is 11.9 Å². The van der Waals surface area contributed by atoms with Crippen LogP contribution in [0.4, 0.5) is 4.39 Å². The van der Waals surface area contributed by atoms with Crippen molar-refractivity contribution < 1.29 is 9.13 Å². The zero-order valence-electron chi connectivity index (χ0n) is 9.44. The molecule has 0 aromatic heterocycles. The number of rotatable bonds is 1. The van der Waals surface area contributed by atoms with Crippen molar-refractivity contribution in [3.63, 3.8) is 0 Å². The van der Waals surface area contributed by atoms with Crippen molar-refractivity contribution in [1.29, 1.82) is 0 Å². The van der Waals surface area contributed by atoms with Gasteiger partial charge in [-0.2, -0.15) is 0 Å². The first-order valence-electron chi connectivity index (χ1n) is 5.30. The molecule has 1 aromatic carbocycles. The Kier molecular flexibility index (Phi) is 4.71. The third-order valence-corrected chi connectivity index (χ3v) is 2.74. The third-order valence-electron chi connectivity index (χ3n) is 2.74. The van der Waals surface area contributed by atoms with Crippen LogP contribution in [0.3, 0.4) is 0 Å². The van der Waals surface area contributed by atoms with Crippen LogP contribution < -0.4 is 5.32 Å². The highest BCUT2D eigenvalue weighted by Gasteiger charge is 2.28. The van der Waals surface area contributed by atoms with Crippen LogP contribution in [0.15, 0.2) is 24.3 Å². The Morgan fingerprint density at radius 3 is 2.62 bits per heavy atom. The van der Waals surface area contributed by atoms with Crippen LogP contribution in [0.2, 0.25) is 0 Å². The second kappa shape index (κ2) is 5.62. The smallest absolute Gasteiger partial charge is 0.129 e. The molecular weight excluding hydrogens is 229 g/mol. The molecule has 4 heteroatoms. The van der Waals surface area contributed by atoms with E-state index in [4.69, 9.17) is 4.74 Å². The Morgan fingerprint density at radius 2 is 2.00 bits per heavy atom. The quantitative estimate of drug-likeness (QED) is 0.822. The molecule has 1 aliphatic heterocycles. The van der Waals surface area contributed by atoms with E-state index in [9.17, 15) is 4.39 Å². The van der Waals surface area contributed by atoms with Crippen LogP contribution >= 0.6 is 12.4 Å². The van der Waals surface area contributed by atoms with E-state index in [1.54, 1.807) is 12.1 Å². The molecule has 0 saturated carbocycles. The molecule has 16 heavy (non-hydrogen) atoms. The highest BCUT2D eigenvalue weighted by molar-refractivity contribution is 5.85. The highest BCUT2D eigenvalue weighted by atomic mass is 35.5. The Morgan fingerprint density at radius 1 is 1.31 bits per heavy atom. The maximum Gasteiger partial charge on any atom is 0.129 e. The SMILES string of the molecule is CC1N[C@@H](C)COC1c1ccccc1F.Cl. The number of halogens is 2. The van der Waals surface area contributed by atoms with Crippen molar-refractivity contribution in [3.8, 4) is 0 Å².